The number of aryl methyl sites for hydroxylation is 1. The first-order valence-corrected chi connectivity index (χ1v) is 12.5. The molecule has 2 rings (SSSR count). The zero-order valence-electron chi connectivity index (χ0n) is 13.4. The highest BCUT2D eigenvalue weighted by molar-refractivity contribution is 7.86. The van der Waals surface area contributed by atoms with Gasteiger partial charge in [0.25, 0.3) is 0 Å². The molecule has 1 unspecified atom stereocenters. The first-order chi connectivity index (χ1) is 9.71. The first kappa shape index (κ1) is 16.7. The van der Waals surface area contributed by atoms with Crippen molar-refractivity contribution in [1.29, 1.82) is 0 Å². The van der Waals surface area contributed by atoms with Crippen molar-refractivity contribution >= 4 is 18.9 Å². The van der Waals surface area contributed by atoms with Gasteiger partial charge in [-0.15, -0.1) is 0 Å². The van der Waals surface area contributed by atoms with Gasteiger partial charge in [-0.1, -0.05) is 49.5 Å². The third kappa shape index (κ3) is 4.15. The van der Waals surface area contributed by atoms with Crippen LogP contribution in [0.3, 0.4) is 0 Å². The summed E-state index contributed by atoms with van der Waals surface area (Å²) >= 11 is 0. The third-order valence-corrected chi connectivity index (χ3v) is 7.74. The van der Waals surface area contributed by atoms with Crippen LogP contribution in [0, 0.1) is 6.92 Å². The summed E-state index contributed by atoms with van der Waals surface area (Å²) in [4.78, 5) is 0.831. The highest BCUT2D eigenvalue weighted by atomic mass is 32.2. The van der Waals surface area contributed by atoms with Gasteiger partial charge in [-0.25, -0.2) is 0 Å². The molecule has 0 heterocycles. The van der Waals surface area contributed by atoms with Gasteiger partial charge in [-0.3, -0.25) is 4.21 Å². The van der Waals surface area contributed by atoms with Crippen LogP contribution in [-0.2, 0) is 10.8 Å². The molecule has 1 aliphatic carbocycles. The second-order valence-electron chi connectivity index (χ2n) is 7.30. The molecular weight excluding hydrogens is 296 g/mol. The molecule has 0 bridgehead atoms. The van der Waals surface area contributed by atoms with Crippen molar-refractivity contribution in [1.82, 2.24) is 0 Å². The Morgan fingerprint density at radius 2 is 1.90 bits per heavy atom. The molecule has 3 atom stereocenters. The van der Waals surface area contributed by atoms with E-state index in [0.29, 0.717) is 6.42 Å². The van der Waals surface area contributed by atoms with E-state index < -0.39 is 24.5 Å². The van der Waals surface area contributed by atoms with E-state index in [0.717, 1.165) is 22.9 Å². The fourth-order valence-corrected chi connectivity index (χ4v) is 7.66. The van der Waals surface area contributed by atoms with Crippen LogP contribution in [0.2, 0.25) is 25.7 Å². The predicted molar refractivity (Wildman–Crippen MR) is 92.9 cm³/mol. The maximum atomic E-state index is 13.1. The van der Waals surface area contributed by atoms with Crippen LogP contribution in [0.1, 0.15) is 18.4 Å². The minimum atomic E-state index is -1.43. The van der Waals surface area contributed by atoms with Crippen LogP contribution in [0.4, 0.5) is 0 Å². The summed E-state index contributed by atoms with van der Waals surface area (Å²) in [5, 5.41) is 10.7. The van der Waals surface area contributed by atoms with Gasteiger partial charge in [0.1, 0.15) is 0 Å². The lowest BCUT2D eigenvalue weighted by Gasteiger charge is -2.34. The minimum absolute atomic E-state index is 0.203. The number of rotatable bonds is 5. The van der Waals surface area contributed by atoms with E-state index in [1.165, 1.54) is 0 Å². The number of aliphatic hydroxyl groups is 1. The molecule has 0 saturated heterocycles. The molecule has 21 heavy (non-hydrogen) atoms. The number of hydrogen-bond donors (Lipinski definition) is 1. The Hall–Kier alpha value is -0.713. The van der Waals surface area contributed by atoms with E-state index in [9.17, 15) is 9.32 Å². The van der Waals surface area contributed by atoms with Crippen LogP contribution < -0.4 is 0 Å². The quantitative estimate of drug-likeness (QED) is 0.659. The average molecular weight is 323 g/mol. The van der Waals surface area contributed by atoms with Crippen LogP contribution in [0.5, 0.6) is 0 Å². The number of allylic oxidation sites excluding steroid dienone is 1. The largest absolute Gasteiger partial charge is 0.385 e. The lowest BCUT2D eigenvalue weighted by Crippen LogP contribution is -2.45. The fraction of sp³-hybridized carbons (Fsp3) is 0.529. The summed E-state index contributed by atoms with van der Waals surface area (Å²) in [5.74, 6) is 0. The Bertz CT molecular complexity index is 545. The molecule has 0 saturated carbocycles. The summed E-state index contributed by atoms with van der Waals surface area (Å²) < 4.78 is 13.1. The molecule has 0 fully saturated rings. The van der Waals surface area contributed by atoms with Crippen LogP contribution in [0.25, 0.3) is 0 Å². The first-order valence-electron chi connectivity index (χ1n) is 7.59. The maximum absolute atomic E-state index is 13.1. The van der Waals surface area contributed by atoms with Crippen molar-refractivity contribution in [3.05, 3.63) is 42.0 Å². The molecule has 0 aromatic heterocycles. The highest BCUT2D eigenvalue weighted by Crippen LogP contribution is 2.35. The van der Waals surface area contributed by atoms with Crippen molar-refractivity contribution in [3.8, 4) is 0 Å². The zero-order valence-corrected chi connectivity index (χ0v) is 15.2. The van der Waals surface area contributed by atoms with Crippen molar-refractivity contribution in [2.45, 2.75) is 61.2 Å². The van der Waals surface area contributed by atoms with Gasteiger partial charge in [0.05, 0.1) is 21.7 Å². The van der Waals surface area contributed by atoms with E-state index in [2.05, 4.69) is 19.6 Å². The Morgan fingerprint density at radius 3 is 2.38 bits per heavy atom. The molecule has 4 heteroatoms. The van der Waals surface area contributed by atoms with Crippen molar-refractivity contribution < 1.29 is 9.32 Å². The van der Waals surface area contributed by atoms with Crippen molar-refractivity contribution in [2.75, 3.05) is 0 Å². The lowest BCUT2D eigenvalue weighted by molar-refractivity contribution is 0.0909. The monoisotopic (exact) mass is 322 g/mol. The van der Waals surface area contributed by atoms with Gasteiger partial charge >= 0.3 is 0 Å². The van der Waals surface area contributed by atoms with Gasteiger partial charge in [-0.05, 0) is 37.9 Å². The van der Waals surface area contributed by atoms with E-state index in [1.54, 1.807) is 0 Å². The Morgan fingerprint density at radius 1 is 1.29 bits per heavy atom. The topological polar surface area (TPSA) is 37.3 Å². The summed E-state index contributed by atoms with van der Waals surface area (Å²) in [7, 11) is -2.60. The predicted octanol–water partition coefficient (Wildman–Crippen LogP) is 3.89. The standard InChI is InChI=1S/C17H26O2SSi/c1-14-7-9-15(10-8-14)20(19)16(13-21(2,3)4)17(18)11-5-6-12-17/h5,7-11,16,18H,6,12-13H2,1-4H3/t16-,17?,20-/m0/s1. The number of hydrogen-bond acceptors (Lipinski definition) is 2. The molecule has 1 aliphatic rings. The van der Waals surface area contributed by atoms with Gasteiger partial charge in [0.15, 0.2) is 0 Å². The van der Waals surface area contributed by atoms with E-state index in [1.807, 2.05) is 43.3 Å². The summed E-state index contributed by atoms with van der Waals surface area (Å²) in [6.45, 7) is 8.84. The molecule has 1 aromatic rings. The van der Waals surface area contributed by atoms with Crippen LogP contribution in [-0.4, -0.2) is 28.2 Å². The van der Waals surface area contributed by atoms with E-state index in [4.69, 9.17) is 0 Å². The molecule has 0 spiro atoms. The normalized spacial score (nSPS) is 25.0. The van der Waals surface area contributed by atoms with Crippen LogP contribution in [0.15, 0.2) is 41.3 Å². The second kappa shape index (κ2) is 6.19. The maximum Gasteiger partial charge on any atom is 0.0974 e. The molecule has 0 aliphatic heterocycles. The molecule has 116 valence electrons. The minimum Gasteiger partial charge on any atom is -0.385 e. The van der Waals surface area contributed by atoms with E-state index >= 15 is 0 Å². The van der Waals surface area contributed by atoms with Crippen LogP contribution >= 0.6 is 0 Å². The Labute approximate surface area is 131 Å². The smallest absolute Gasteiger partial charge is 0.0974 e. The summed E-state index contributed by atoms with van der Waals surface area (Å²) in [5.41, 5.74) is 0.257. The molecule has 0 radical (unpaired) electrons. The van der Waals surface area contributed by atoms with E-state index in [-0.39, 0.29) is 5.25 Å². The SMILES string of the molecule is Cc1ccc([S@](=O)[C@@H](C[Si](C)(C)C)C2(O)C=CCC2)cc1. The molecule has 1 aromatic carbocycles. The molecule has 1 N–H and O–H groups in total. The fourth-order valence-electron chi connectivity index (χ4n) is 2.78. The molecule has 2 nitrogen and oxygen atoms in total. The van der Waals surface area contributed by atoms with Gasteiger partial charge < -0.3 is 5.11 Å². The van der Waals surface area contributed by atoms with Gasteiger partial charge in [0, 0.05) is 13.0 Å². The lowest BCUT2D eigenvalue weighted by atomic mass is 10.00. The average Bonchev–Trinajstić information content (AvgIpc) is 2.83. The van der Waals surface area contributed by atoms with Gasteiger partial charge in [-0.2, -0.15) is 0 Å². The summed E-state index contributed by atoms with van der Waals surface area (Å²) in [6.07, 6.45) is 5.47. The van der Waals surface area contributed by atoms with Crippen molar-refractivity contribution in [2.24, 2.45) is 0 Å². The zero-order chi connectivity index (χ0) is 15.7. The highest BCUT2D eigenvalue weighted by Gasteiger charge is 2.42. The van der Waals surface area contributed by atoms with Crippen molar-refractivity contribution in [3.63, 3.8) is 0 Å². The third-order valence-electron chi connectivity index (χ3n) is 3.98. The number of benzene rings is 1. The Kier molecular flexibility index (Phi) is 4.91. The molecular formula is C17H26O2SSi. The summed E-state index contributed by atoms with van der Waals surface area (Å²) in [6, 6.07) is 8.73. The second-order valence-corrected chi connectivity index (χ2v) is 14.5. The molecule has 0 amide bonds. The van der Waals surface area contributed by atoms with Gasteiger partial charge in [0.2, 0.25) is 0 Å². The Balaban J connectivity index is 2.32.